The van der Waals surface area contributed by atoms with Gasteiger partial charge in [0.05, 0.1) is 6.54 Å². The van der Waals surface area contributed by atoms with Crippen molar-refractivity contribution < 1.29 is 9.59 Å². The van der Waals surface area contributed by atoms with E-state index in [1.54, 1.807) is 12.1 Å². The highest BCUT2D eigenvalue weighted by atomic mass is 127. The van der Waals surface area contributed by atoms with Gasteiger partial charge in [0.25, 0.3) is 5.91 Å². The molecule has 0 saturated heterocycles. The Morgan fingerprint density at radius 1 is 1.35 bits per heavy atom. The monoisotopic (exact) mass is 346 g/mol. The van der Waals surface area contributed by atoms with Crippen molar-refractivity contribution in [2.24, 2.45) is 0 Å². The third kappa shape index (κ3) is 5.16. The fourth-order valence-electron chi connectivity index (χ4n) is 1.27. The van der Waals surface area contributed by atoms with Gasteiger partial charge in [0, 0.05) is 15.2 Å². The third-order valence-corrected chi connectivity index (χ3v) is 2.62. The Bertz CT molecular complexity index is 419. The van der Waals surface area contributed by atoms with Crippen molar-refractivity contribution in [2.75, 3.05) is 6.54 Å². The lowest BCUT2D eigenvalue weighted by atomic mass is 10.2. The Morgan fingerprint density at radius 2 is 2.06 bits per heavy atom. The van der Waals surface area contributed by atoms with E-state index in [0.717, 1.165) is 3.57 Å². The normalized spacial score (nSPS) is 10.1. The highest BCUT2D eigenvalue weighted by molar-refractivity contribution is 14.1. The van der Waals surface area contributed by atoms with E-state index in [0.29, 0.717) is 5.56 Å². The molecular weight excluding hydrogens is 331 g/mol. The molecule has 0 bridgehead atoms. The van der Waals surface area contributed by atoms with Crippen LogP contribution < -0.4 is 10.6 Å². The molecule has 1 aromatic carbocycles. The lowest BCUT2D eigenvalue weighted by Crippen LogP contribution is -2.39. The fraction of sp³-hybridized carbons (Fsp3) is 0.333. The Labute approximate surface area is 114 Å². The number of carbonyl (C=O) groups excluding carboxylic acids is 2. The molecule has 0 saturated carbocycles. The maximum atomic E-state index is 11.7. The van der Waals surface area contributed by atoms with Gasteiger partial charge in [-0.1, -0.05) is 6.07 Å². The Kier molecular flexibility index (Phi) is 5.40. The third-order valence-electron chi connectivity index (χ3n) is 1.95. The SMILES string of the molecule is CC(C)NC(=O)CNC(=O)c1cccc(I)c1. The second-order valence-electron chi connectivity index (χ2n) is 3.92. The summed E-state index contributed by atoms with van der Waals surface area (Å²) >= 11 is 2.14. The first-order chi connectivity index (χ1) is 7.99. The van der Waals surface area contributed by atoms with E-state index < -0.39 is 0 Å². The van der Waals surface area contributed by atoms with Crippen LogP contribution in [0, 0.1) is 3.57 Å². The zero-order valence-corrected chi connectivity index (χ0v) is 11.9. The van der Waals surface area contributed by atoms with Crippen LogP contribution in [-0.4, -0.2) is 24.4 Å². The molecule has 5 heteroatoms. The zero-order chi connectivity index (χ0) is 12.8. The molecule has 0 spiro atoms. The van der Waals surface area contributed by atoms with Gasteiger partial charge in [0.1, 0.15) is 0 Å². The van der Waals surface area contributed by atoms with Gasteiger partial charge >= 0.3 is 0 Å². The smallest absolute Gasteiger partial charge is 0.251 e. The van der Waals surface area contributed by atoms with E-state index in [-0.39, 0.29) is 24.4 Å². The molecule has 0 aromatic heterocycles. The summed E-state index contributed by atoms with van der Waals surface area (Å²) in [7, 11) is 0. The summed E-state index contributed by atoms with van der Waals surface area (Å²) in [4.78, 5) is 23.0. The Balaban J connectivity index is 2.48. The molecule has 0 aliphatic heterocycles. The van der Waals surface area contributed by atoms with Crippen molar-refractivity contribution in [3.05, 3.63) is 33.4 Å². The number of halogens is 1. The summed E-state index contributed by atoms with van der Waals surface area (Å²) in [5.41, 5.74) is 0.564. The van der Waals surface area contributed by atoms with Crippen molar-refractivity contribution >= 4 is 34.4 Å². The molecule has 1 rings (SSSR count). The largest absolute Gasteiger partial charge is 0.352 e. The Morgan fingerprint density at radius 3 is 2.65 bits per heavy atom. The molecule has 0 radical (unpaired) electrons. The van der Waals surface area contributed by atoms with Crippen LogP contribution in [0.3, 0.4) is 0 Å². The van der Waals surface area contributed by atoms with E-state index >= 15 is 0 Å². The fourth-order valence-corrected chi connectivity index (χ4v) is 1.81. The molecule has 4 nitrogen and oxygen atoms in total. The van der Waals surface area contributed by atoms with Gasteiger partial charge in [-0.2, -0.15) is 0 Å². The van der Waals surface area contributed by atoms with Gasteiger partial charge in [-0.15, -0.1) is 0 Å². The first-order valence-corrected chi connectivity index (χ1v) is 6.40. The molecule has 17 heavy (non-hydrogen) atoms. The van der Waals surface area contributed by atoms with Crippen LogP contribution in [0.2, 0.25) is 0 Å². The number of hydrogen-bond acceptors (Lipinski definition) is 2. The zero-order valence-electron chi connectivity index (χ0n) is 9.79. The van der Waals surface area contributed by atoms with Crippen LogP contribution in [0.25, 0.3) is 0 Å². The summed E-state index contributed by atoms with van der Waals surface area (Å²) in [5.74, 6) is -0.415. The minimum absolute atomic E-state index is 0.00247. The highest BCUT2D eigenvalue weighted by Crippen LogP contribution is 2.07. The average Bonchev–Trinajstić information content (AvgIpc) is 2.25. The van der Waals surface area contributed by atoms with Crippen LogP contribution in [-0.2, 0) is 4.79 Å². The summed E-state index contributed by atoms with van der Waals surface area (Å²) in [6.45, 7) is 3.75. The number of carbonyl (C=O) groups is 2. The van der Waals surface area contributed by atoms with E-state index in [1.807, 2.05) is 26.0 Å². The van der Waals surface area contributed by atoms with Crippen LogP contribution in [0.15, 0.2) is 24.3 Å². The second kappa shape index (κ2) is 6.58. The summed E-state index contributed by atoms with van der Waals surface area (Å²) in [5, 5.41) is 5.28. The van der Waals surface area contributed by atoms with E-state index in [4.69, 9.17) is 0 Å². The van der Waals surface area contributed by atoms with Crippen LogP contribution >= 0.6 is 22.6 Å². The number of benzene rings is 1. The summed E-state index contributed by atoms with van der Waals surface area (Å²) < 4.78 is 0.988. The number of amides is 2. The van der Waals surface area contributed by atoms with Crippen LogP contribution in [0.4, 0.5) is 0 Å². The predicted octanol–water partition coefficient (Wildman–Crippen LogP) is 1.55. The van der Waals surface area contributed by atoms with Gasteiger partial charge in [-0.25, -0.2) is 0 Å². The molecule has 92 valence electrons. The van der Waals surface area contributed by atoms with Crippen molar-refractivity contribution in [2.45, 2.75) is 19.9 Å². The predicted molar refractivity (Wildman–Crippen MR) is 74.8 cm³/mol. The van der Waals surface area contributed by atoms with Gasteiger partial charge in [0.2, 0.25) is 5.91 Å². The molecule has 0 aliphatic rings. The Hall–Kier alpha value is -1.11. The van der Waals surface area contributed by atoms with E-state index in [2.05, 4.69) is 33.2 Å². The average molecular weight is 346 g/mol. The molecule has 0 heterocycles. The number of hydrogen-bond donors (Lipinski definition) is 2. The summed E-state index contributed by atoms with van der Waals surface area (Å²) in [6.07, 6.45) is 0. The van der Waals surface area contributed by atoms with Crippen molar-refractivity contribution in [1.29, 1.82) is 0 Å². The molecule has 0 atom stereocenters. The molecule has 0 fully saturated rings. The maximum Gasteiger partial charge on any atom is 0.251 e. The minimum Gasteiger partial charge on any atom is -0.352 e. The topological polar surface area (TPSA) is 58.2 Å². The summed E-state index contributed by atoms with van der Waals surface area (Å²) in [6, 6.07) is 7.29. The van der Waals surface area contributed by atoms with Crippen molar-refractivity contribution in [3.8, 4) is 0 Å². The minimum atomic E-state index is -0.234. The van der Waals surface area contributed by atoms with Gasteiger partial charge in [-0.05, 0) is 54.6 Å². The van der Waals surface area contributed by atoms with Crippen LogP contribution in [0.5, 0.6) is 0 Å². The van der Waals surface area contributed by atoms with Crippen LogP contribution in [0.1, 0.15) is 24.2 Å². The standard InChI is InChI=1S/C12H15IN2O2/c1-8(2)15-11(16)7-14-12(17)9-4-3-5-10(13)6-9/h3-6,8H,7H2,1-2H3,(H,14,17)(H,15,16). The first kappa shape index (κ1) is 14.0. The molecule has 2 N–H and O–H groups in total. The highest BCUT2D eigenvalue weighted by Gasteiger charge is 2.08. The van der Waals surface area contributed by atoms with E-state index in [1.165, 1.54) is 0 Å². The molecular formula is C12H15IN2O2. The molecule has 1 aromatic rings. The van der Waals surface area contributed by atoms with Gasteiger partial charge < -0.3 is 10.6 Å². The lowest BCUT2D eigenvalue weighted by molar-refractivity contribution is -0.120. The van der Waals surface area contributed by atoms with Gasteiger partial charge in [0.15, 0.2) is 0 Å². The molecule has 0 unspecified atom stereocenters. The van der Waals surface area contributed by atoms with E-state index in [9.17, 15) is 9.59 Å². The van der Waals surface area contributed by atoms with Crippen molar-refractivity contribution in [1.82, 2.24) is 10.6 Å². The molecule has 2 amide bonds. The number of nitrogens with one attached hydrogen (secondary N) is 2. The quantitative estimate of drug-likeness (QED) is 0.813. The molecule has 0 aliphatic carbocycles. The number of rotatable bonds is 4. The first-order valence-electron chi connectivity index (χ1n) is 5.32. The van der Waals surface area contributed by atoms with Gasteiger partial charge in [-0.3, -0.25) is 9.59 Å². The lowest BCUT2D eigenvalue weighted by Gasteiger charge is -2.09. The van der Waals surface area contributed by atoms with Crippen molar-refractivity contribution in [3.63, 3.8) is 0 Å². The second-order valence-corrected chi connectivity index (χ2v) is 5.16. The maximum absolute atomic E-state index is 11.7.